The number of anilines is 1. The van der Waals surface area contributed by atoms with E-state index in [1.54, 1.807) is 13.0 Å². The number of aryl methyl sites for hydroxylation is 1. The summed E-state index contributed by atoms with van der Waals surface area (Å²) in [5.74, 6) is -2.59. The van der Waals surface area contributed by atoms with Crippen molar-refractivity contribution in [1.82, 2.24) is 0 Å². The lowest BCUT2D eigenvalue weighted by Gasteiger charge is -2.12. The van der Waals surface area contributed by atoms with Crippen LogP contribution in [0.2, 0.25) is 0 Å². The van der Waals surface area contributed by atoms with Crippen LogP contribution in [0, 0.1) is 6.92 Å². The Morgan fingerprint density at radius 2 is 1.75 bits per heavy atom. The topological polar surface area (TPSA) is 96.6 Å². The standard InChI is InChI=1S/C19H12F3NO5/c1-9-6-16(24)28-15-8-11(3-5-12(9)15)23-17(25)14-7-10(19(20,21)22)2-4-13(14)18(26)27/h2-8H,1H3,(H,23,25)(H,26,27). The number of amides is 1. The van der Waals surface area contributed by atoms with E-state index in [4.69, 9.17) is 9.52 Å². The van der Waals surface area contributed by atoms with Crippen LogP contribution in [0.25, 0.3) is 11.0 Å². The van der Waals surface area contributed by atoms with Crippen LogP contribution in [0.5, 0.6) is 0 Å². The van der Waals surface area contributed by atoms with Crippen LogP contribution in [0.3, 0.4) is 0 Å². The summed E-state index contributed by atoms with van der Waals surface area (Å²) >= 11 is 0. The Morgan fingerprint density at radius 1 is 1.04 bits per heavy atom. The van der Waals surface area contributed by atoms with Crippen molar-refractivity contribution in [3.63, 3.8) is 0 Å². The van der Waals surface area contributed by atoms with Crippen molar-refractivity contribution in [2.45, 2.75) is 13.1 Å². The Balaban J connectivity index is 2.02. The van der Waals surface area contributed by atoms with E-state index in [1.165, 1.54) is 18.2 Å². The maximum atomic E-state index is 12.9. The van der Waals surface area contributed by atoms with Crippen molar-refractivity contribution in [2.75, 3.05) is 5.32 Å². The van der Waals surface area contributed by atoms with Gasteiger partial charge in [0.1, 0.15) is 5.58 Å². The van der Waals surface area contributed by atoms with Crippen LogP contribution in [-0.2, 0) is 6.18 Å². The Hall–Kier alpha value is -3.62. The molecule has 0 radical (unpaired) electrons. The average molecular weight is 391 g/mol. The molecule has 0 bridgehead atoms. The number of nitrogens with one attached hydrogen (secondary N) is 1. The first kappa shape index (κ1) is 19.2. The summed E-state index contributed by atoms with van der Waals surface area (Å²) in [6, 6.07) is 7.44. The predicted molar refractivity (Wildman–Crippen MR) is 93.6 cm³/mol. The van der Waals surface area contributed by atoms with Gasteiger partial charge in [-0.3, -0.25) is 4.79 Å². The summed E-state index contributed by atoms with van der Waals surface area (Å²) in [4.78, 5) is 35.2. The van der Waals surface area contributed by atoms with Gasteiger partial charge < -0.3 is 14.8 Å². The van der Waals surface area contributed by atoms with E-state index >= 15 is 0 Å². The first-order valence-electron chi connectivity index (χ1n) is 7.86. The van der Waals surface area contributed by atoms with Gasteiger partial charge in [-0.25, -0.2) is 9.59 Å². The number of hydrogen-bond donors (Lipinski definition) is 2. The molecule has 9 heteroatoms. The van der Waals surface area contributed by atoms with Crippen LogP contribution in [0.15, 0.2) is 51.7 Å². The van der Waals surface area contributed by atoms with Crippen LogP contribution >= 0.6 is 0 Å². The van der Waals surface area contributed by atoms with E-state index in [-0.39, 0.29) is 11.3 Å². The molecule has 6 nitrogen and oxygen atoms in total. The Kier molecular flexibility index (Phi) is 4.68. The number of carboxylic acid groups (broad SMARTS) is 1. The molecular formula is C19H12F3NO5. The molecule has 1 aromatic heterocycles. The van der Waals surface area contributed by atoms with Gasteiger partial charge in [0.2, 0.25) is 0 Å². The second kappa shape index (κ2) is 6.84. The fourth-order valence-electron chi connectivity index (χ4n) is 2.70. The molecule has 0 saturated carbocycles. The zero-order valence-electron chi connectivity index (χ0n) is 14.3. The van der Waals surface area contributed by atoms with E-state index in [0.717, 1.165) is 6.07 Å². The maximum absolute atomic E-state index is 12.9. The van der Waals surface area contributed by atoms with Crippen molar-refractivity contribution < 1.29 is 32.3 Å². The molecule has 1 heterocycles. The summed E-state index contributed by atoms with van der Waals surface area (Å²) in [6.07, 6.45) is -4.74. The van der Waals surface area contributed by atoms with Crippen molar-refractivity contribution in [3.8, 4) is 0 Å². The zero-order valence-corrected chi connectivity index (χ0v) is 14.3. The number of rotatable bonds is 3. The number of hydrogen-bond acceptors (Lipinski definition) is 4. The minimum atomic E-state index is -4.74. The molecule has 0 unspecified atom stereocenters. The molecule has 28 heavy (non-hydrogen) atoms. The molecule has 0 aliphatic rings. The van der Waals surface area contributed by atoms with E-state index < -0.39 is 40.4 Å². The summed E-state index contributed by atoms with van der Waals surface area (Å²) < 4.78 is 43.8. The lowest BCUT2D eigenvalue weighted by molar-refractivity contribution is -0.137. The third kappa shape index (κ3) is 3.73. The molecule has 0 saturated heterocycles. The molecule has 0 fully saturated rings. The molecule has 3 rings (SSSR count). The van der Waals surface area contributed by atoms with E-state index in [9.17, 15) is 27.6 Å². The number of benzene rings is 2. The second-order valence-corrected chi connectivity index (χ2v) is 5.98. The predicted octanol–water partition coefficient (Wildman–Crippen LogP) is 4.07. The van der Waals surface area contributed by atoms with Crippen LogP contribution in [0.4, 0.5) is 18.9 Å². The van der Waals surface area contributed by atoms with Crippen molar-refractivity contribution in [2.24, 2.45) is 0 Å². The van der Waals surface area contributed by atoms with Gasteiger partial charge in [0.15, 0.2) is 0 Å². The van der Waals surface area contributed by atoms with Gasteiger partial charge in [0.25, 0.3) is 5.91 Å². The number of fused-ring (bicyclic) bond motifs is 1. The van der Waals surface area contributed by atoms with Crippen molar-refractivity contribution >= 4 is 28.5 Å². The Labute approximate surface area is 155 Å². The molecule has 1 amide bonds. The number of halogens is 3. The molecular weight excluding hydrogens is 379 g/mol. The van der Waals surface area contributed by atoms with E-state index in [0.29, 0.717) is 23.1 Å². The van der Waals surface area contributed by atoms with Gasteiger partial charge in [0, 0.05) is 23.2 Å². The SMILES string of the molecule is Cc1cc(=O)oc2cc(NC(=O)c3cc(C(F)(F)F)ccc3C(=O)O)ccc12. The molecule has 2 aromatic carbocycles. The minimum Gasteiger partial charge on any atom is -0.478 e. The van der Waals surface area contributed by atoms with Crippen molar-refractivity contribution in [3.05, 3.63) is 75.1 Å². The highest BCUT2D eigenvalue weighted by molar-refractivity contribution is 6.11. The smallest absolute Gasteiger partial charge is 0.416 e. The van der Waals surface area contributed by atoms with Gasteiger partial charge in [0.05, 0.1) is 16.7 Å². The van der Waals surface area contributed by atoms with E-state index in [2.05, 4.69) is 5.32 Å². The highest BCUT2D eigenvalue weighted by Crippen LogP contribution is 2.31. The Bertz CT molecular complexity index is 1160. The highest BCUT2D eigenvalue weighted by atomic mass is 19.4. The van der Waals surface area contributed by atoms with Crippen molar-refractivity contribution in [1.29, 1.82) is 0 Å². The average Bonchev–Trinajstić information content (AvgIpc) is 2.59. The normalized spacial score (nSPS) is 11.4. The number of carbonyl (C=O) groups is 2. The molecule has 2 N–H and O–H groups in total. The monoisotopic (exact) mass is 391 g/mol. The molecule has 0 spiro atoms. The van der Waals surface area contributed by atoms with Gasteiger partial charge in [-0.15, -0.1) is 0 Å². The fourth-order valence-corrected chi connectivity index (χ4v) is 2.70. The molecule has 0 atom stereocenters. The lowest BCUT2D eigenvalue weighted by atomic mass is 10.0. The third-order valence-electron chi connectivity index (χ3n) is 4.03. The van der Waals surface area contributed by atoms with Gasteiger partial charge in [-0.1, -0.05) is 0 Å². The molecule has 0 aliphatic heterocycles. The number of aromatic carboxylic acids is 1. The Morgan fingerprint density at radius 3 is 2.39 bits per heavy atom. The molecule has 3 aromatic rings. The van der Waals surface area contributed by atoms with E-state index in [1.807, 2.05) is 0 Å². The molecule has 0 aliphatic carbocycles. The van der Waals surface area contributed by atoms with Gasteiger partial charge in [-0.2, -0.15) is 13.2 Å². The molecule has 144 valence electrons. The quantitative estimate of drug-likeness (QED) is 0.656. The first-order chi connectivity index (χ1) is 13.1. The summed E-state index contributed by atoms with van der Waals surface area (Å²) in [5, 5.41) is 12.1. The lowest BCUT2D eigenvalue weighted by Crippen LogP contribution is -2.18. The van der Waals surface area contributed by atoms with Crippen LogP contribution in [-0.4, -0.2) is 17.0 Å². The summed E-state index contributed by atoms with van der Waals surface area (Å²) in [6.45, 7) is 1.69. The first-order valence-corrected chi connectivity index (χ1v) is 7.86. The fraction of sp³-hybridized carbons (Fsp3) is 0.105. The van der Waals surface area contributed by atoms with Crippen LogP contribution < -0.4 is 10.9 Å². The third-order valence-corrected chi connectivity index (χ3v) is 4.03. The van der Waals surface area contributed by atoms with Gasteiger partial charge in [-0.05, 0) is 42.8 Å². The largest absolute Gasteiger partial charge is 0.478 e. The summed E-state index contributed by atoms with van der Waals surface area (Å²) in [5.41, 5.74) is -2.02. The van der Waals surface area contributed by atoms with Gasteiger partial charge >= 0.3 is 17.8 Å². The maximum Gasteiger partial charge on any atom is 0.416 e. The zero-order chi connectivity index (χ0) is 20.6. The second-order valence-electron chi connectivity index (χ2n) is 5.98. The number of alkyl halides is 3. The minimum absolute atomic E-state index is 0.125. The number of carbonyl (C=O) groups excluding carboxylic acids is 1. The highest BCUT2D eigenvalue weighted by Gasteiger charge is 2.32. The summed E-state index contributed by atoms with van der Waals surface area (Å²) in [7, 11) is 0. The number of carboxylic acids is 1. The van der Waals surface area contributed by atoms with Crippen LogP contribution in [0.1, 0.15) is 31.8 Å².